The van der Waals surface area contributed by atoms with Gasteiger partial charge in [0.05, 0.1) is 5.70 Å². The Balaban J connectivity index is 1.84. The maximum Gasteiger partial charge on any atom is 0.197 e. The number of nitrogens with zero attached hydrogens (tertiary/aromatic N) is 1. The first-order valence-corrected chi connectivity index (χ1v) is 8.44. The maximum atomic E-state index is 6.24. The van der Waals surface area contributed by atoms with Crippen LogP contribution in [-0.2, 0) is 10.3 Å². The molecule has 0 radical (unpaired) electrons. The molecule has 1 N–H and O–H groups in total. The van der Waals surface area contributed by atoms with Crippen molar-refractivity contribution in [2.45, 2.75) is 38.8 Å². The first-order chi connectivity index (χ1) is 11.3. The van der Waals surface area contributed by atoms with Crippen LogP contribution in [0, 0.1) is 13.8 Å². The van der Waals surface area contributed by atoms with Gasteiger partial charge in [0.25, 0.3) is 0 Å². The minimum Gasteiger partial charge on any atom is -0.340 e. The monoisotopic (exact) mass is 320 g/mol. The quantitative estimate of drug-likeness (QED) is 0.848. The molecule has 2 aromatic rings. The number of likely N-dealkylation sites (N-methyl/N-ethyl adjacent to an activating group) is 1. The van der Waals surface area contributed by atoms with E-state index in [0.29, 0.717) is 0 Å². The van der Waals surface area contributed by atoms with Gasteiger partial charge in [0.15, 0.2) is 5.72 Å². The second kappa shape index (κ2) is 4.87. The Morgan fingerprint density at radius 1 is 1.00 bits per heavy atom. The lowest BCUT2D eigenvalue weighted by Crippen LogP contribution is -2.54. The van der Waals surface area contributed by atoms with Crippen LogP contribution in [0.5, 0.6) is 0 Å². The zero-order chi connectivity index (χ0) is 17.1. The van der Waals surface area contributed by atoms with Crippen molar-refractivity contribution < 1.29 is 4.84 Å². The lowest BCUT2D eigenvalue weighted by atomic mass is 9.77. The Morgan fingerprint density at radius 3 is 2.33 bits per heavy atom. The zero-order valence-electron chi connectivity index (χ0n) is 15.0. The van der Waals surface area contributed by atoms with E-state index in [4.69, 9.17) is 4.84 Å². The molecule has 0 bridgehead atoms. The summed E-state index contributed by atoms with van der Waals surface area (Å²) in [7, 11) is 2.11. The highest BCUT2D eigenvalue weighted by Crippen LogP contribution is 2.54. The van der Waals surface area contributed by atoms with Crippen LogP contribution >= 0.6 is 0 Å². The number of hydroxylamine groups is 1. The van der Waals surface area contributed by atoms with Crippen LogP contribution in [0.2, 0.25) is 0 Å². The van der Waals surface area contributed by atoms with Crippen molar-refractivity contribution >= 4 is 11.4 Å². The zero-order valence-corrected chi connectivity index (χ0v) is 15.0. The number of hydrogen-bond donors (Lipinski definition) is 1. The molecule has 2 aliphatic heterocycles. The van der Waals surface area contributed by atoms with Gasteiger partial charge in [-0.3, -0.25) is 5.48 Å². The van der Waals surface area contributed by atoms with E-state index in [1.165, 1.54) is 27.9 Å². The van der Waals surface area contributed by atoms with Gasteiger partial charge < -0.3 is 4.90 Å². The summed E-state index contributed by atoms with van der Waals surface area (Å²) in [6.45, 7) is 8.75. The number of rotatable bonds is 1. The van der Waals surface area contributed by atoms with Gasteiger partial charge in [0.1, 0.15) is 0 Å². The van der Waals surface area contributed by atoms with Crippen molar-refractivity contribution in [1.82, 2.24) is 5.48 Å². The smallest absolute Gasteiger partial charge is 0.197 e. The van der Waals surface area contributed by atoms with Gasteiger partial charge in [0.2, 0.25) is 0 Å². The molecule has 3 heteroatoms. The molecule has 124 valence electrons. The fourth-order valence-corrected chi connectivity index (χ4v) is 4.22. The van der Waals surface area contributed by atoms with Crippen molar-refractivity contribution in [2.75, 3.05) is 11.9 Å². The van der Waals surface area contributed by atoms with Crippen molar-refractivity contribution in [3.05, 3.63) is 70.8 Å². The third-order valence-electron chi connectivity index (χ3n) is 5.52. The Hall–Kier alpha value is -2.26. The molecule has 0 aromatic heterocycles. The number of nitrogens with one attached hydrogen (secondary N) is 1. The van der Waals surface area contributed by atoms with Crippen LogP contribution in [0.25, 0.3) is 5.70 Å². The molecule has 1 atom stereocenters. The molecule has 0 saturated heterocycles. The average molecular weight is 320 g/mol. The van der Waals surface area contributed by atoms with Crippen LogP contribution in [-0.4, -0.2) is 12.8 Å². The average Bonchev–Trinajstić information content (AvgIpc) is 3.05. The van der Waals surface area contributed by atoms with E-state index >= 15 is 0 Å². The number of para-hydroxylation sites is 1. The first-order valence-electron chi connectivity index (χ1n) is 8.44. The van der Waals surface area contributed by atoms with E-state index in [1.54, 1.807) is 0 Å². The third-order valence-corrected chi connectivity index (χ3v) is 5.52. The predicted molar refractivity (Wildman–Crippen MR) is 98.7 cm³/mol. The molecule has 0 saturated carbocycles. The predicted octanol–water partition coefficient (Wildman–Crippen LogP) is 4.30. The molecule has 2 aliphatic rings. The lowest BCUT2D eigenvalue weighted by molar-refractivity contribution is -0.0678. The number of aryl methyl sites for hydroxylation is 2. The van der Waals surface area contributed by atoms with E-state index in [0.717, 1.165) is 5.70 Å². The van der Waals surface area contributed by atoms with Crippen LogP contribution in [0.4, 0.5) is 5.69 Å². The largest absolute Gasteiger partial charge is 0.340 e. The van der Waals surface area contributed by atoms with Gasteiger partial charge in [-0.1, -0.05) is 49.2 Å². The minimum atomic E-state index is -0.524. The van der Waals surface area contributed by atoms with Gasteiger partial charge in [-0.25, -0.2) is 4.84 Å². The number of fused-ring (bicyclic) bond motifs is 1. The Labute approximate surface area is 143 Å². The van der Waals surface area contributed by atoms with Gasteiger partial charge in [0, 0.05) is 23.7 Å². The van der Waals surface area contributed by atoms with E-state index in [1.807, 2.05) is 0 Å². The van der Waals surface area contributed by atoms with Crippen molar-refractivity contribution in [2.24, 2.45) is 0 Å². The molecule has 3 nitrogen and oxygen atoms in total. The van der Waals surface area contributed by atoms with Crippen molar-refractivity contribution in [3.63, 3.8) is 0 Å². The van der Waals surface area contributed by atoms with Gasteiger partial charge >= 0.3 is 0 Å². The summed E-state index contributed by atoms with van der Waals surface area (Å²) in [6, 6.07) is 15.1. The van der Waals surface area contributed by atoms with E-state index in [2.05, 4.69) is 93.7 Å². The van der Waals surface area contributed by atoms with Crippen LogP contribution in [0.3, 0.4) is 0 Å². The van der Waals surface area contributed by atoms with Crippen LogP contribution in [0.15, 0.2) is 48.5 Å². The van der Waals surface area contributed by atoms with Gasteiger partial charge in [-0.15, -0.1) is 0 Å². The molecule has 0 amide bonds. The number of anilines is 1. The lowest BCUT2D eigenvalue weighted by Gasteiger charge is -2.39. The SMILES string of the molecule is Cc1cc(C)cc(C2=C[C@]3(ON2)N(C)c2ccccc2C3(C)C)c1. The highest BCUT2D eigenvalue weighted by atomic mass is 16.7. The summed E-state index contributed by atoms with van der Waals surface area (Å²) >= 11 is 0. The van der Waals surface area contributed by atoms with E-state index in [-0.39, 0.29) is 5.41 Å². The fraction of sp³-hybridized carbons (Fsp3) is 0.333. The topological polar surface area (TPSA) is 24.5 Å². The molecule has 24 heavy (non-hydrogen) atoms. The molecule has 2 aromatic carbocycles. The molecule has 2 heterocycles. The second-order valence-corrected chi connectivity index (χ2v) is 7.54. The van der Waals surface area contributed by atoms with Crippen LogP contribution < -0.4 is 10.4 Å². The summed E-state index contributed by atoms with van der Waals surface area (Å²) in [4.78, 5) is 8.48. The normalized spacial score (nSPS) is 24.0. The summed E-state index contributed by atoms with van der Waals surface area (Å²) in [6.07, 6.45) is 2.24. The number of benzene rings is 2. The Kier molecular flexibility index (Phi) is 3.10. The van der Waals surface area contributed by atoms with Gasteiger partial charge in [-0.05, 0) is 43.7 Å². The molecule has 4 rings (SSSR count). The second-order valence-electron chi connectivity index (χ2n) is 7.54. The number of hydrogen-bond acceptors (Lipinski definition) is 3. The molecule has 0 fully saturated rings. The van der Waals surface area contributed by atoms with Crippen LogP contribution in [0.1, 0.15) is 36.1 Å². The van der Waals surface area contributed by atoms with Gasteiger partial charge in [-0.2, -0.15) is 0 Å². The molecular weight excluding hydrogens is 296 g/mol. The van der Waals surface area contributed by atoms with E-state index in [9.17, 15) is 0 Å². The van der Waals surface area contributed by atoms with Crippen molar-refractivity contribution in [3.8, 4) is 0 Å². The maximum absolute atomic E-state index is 6.24. The summed E-state index contributed by atoms with van der Waals surface area (Å²) in [5.41, 5.74) is 9.78. The molecule has 1 spiro atoms. The Morgan fingerprint density at radius 2 is 1.67 bits per heavy atom. The highest BCUT2D eigenvalue weighted by Gasteiger charge is 2.58. The van der Waals surface area contributed by atoms with E-state index < -0.39 is 5.72 Å². The summed E-state index contributed by atoms with van der Waals surface area (Å²) in [5, 5.41) is 0. The molecule has 0 aliphatic carbocycles. The molecule has 0 unspecified atom stereocenters. The fourth-order valence-electron chi connectivity index (χ4n) is 4.22. The standard InChI is InChI=1S/C21H24N2O/c1-14-10-15(2)12-16(11-14)18-13-21(24-22-18)20(3,4)17-8-6-7-9-19(17)23(21)5/h6-13,22H,1-5H3/t21-/m1/s1. The highest BCUT2D eigenvalue weighted by molar-refractivity contribution is 5.74. The third kappa shape index (κ3) is 1.88. The van der Waals surface area contributed by atoms with Crippen molar-refractivity contribution in [1.29, 1.82) is 0 Å². The summed E-state index contributed by atoms with van der Waals surface area (Å²) < 4.78 is 0. The Bertz CT molecular complexity index is 832. The summed E-state index contributed by atoms with van der Waals surface area (Å²) in [5.74, 6) is 0. The first kappa shape index (κ1) is 15.3. The minimum absolute atomic E-state index is 0.161. The molecular formula is C21H24N2O.